The van der Waals surface area contributed by atoms with Crippen LogP contribution < -0.4 is 0 Å². The van der Waals surface area contributed by atoms with Gasteiger partial charge in [0, 0.05) is 27.4 Å². The highest BCUT2D eigenvalue weighted by molar-refractivity contribution is 4.85. The van der Waals surface area contributed by atoms with E-state index in [1.165, 1.54) is 25.7 Å². The molecule has 0 aromatic rings. The van der Waals surface area contributed by atoms with E-state index in [9.17, 15) is 0 Å². The lowest BCUT2D eigenvalue weighted by Crippen LogP contribution is -2.39. The van der Waals surface area contributed by atoms with Gasteiger partial charge in [-0.3, -0.25) is 0 Å². The van der Waals surface area contributed by atoms with E-state index >= 15 is 0 Å². The van der Waals surface area contributed by atoms with Gasteiger partial charge in [0.05, 0.1) is 0 Å². The summed E-state index contributed by atoms with van der Waals surface area (Å²) in [5, 5.41) is 0. The van der Waals surface area contributed by atoms with Crippen LogP contribution in [0.5, 0.6) is 0 Å². The van der Waals surface area contributed by atoms with Crippen LogP contribution >= 0.6 is 0 Å². The predicted molar refractivity (Wildman–Crippen MR) is 81.2 cm³/mol. The lowest BCUT2D eigenvalue weighted by atomic mass is 10.2. The van der Waals surface area contributed by atoms with Crippen LogP contribution in [0.25, 0.3) is 0 Å². The van der Waals surface area contributed by atoms with Crippen molar-refractivity contribution >= 4 is 0 Å². The fourth-order valence-electron chi connectivity index (χ4n) is 2.47. The van der Waals surface area contributed by atoms with Crippen LogP contribution in [0.15, 0.2) is 0 Å². The van der Waals surface area contributed by atoms with Crippen LogP contribution in [0.4, 0.5) is 0 Å². The highest BCUT2D eigenvalue weighted by atomic mass is 16.8. The van der Waals surface area contributed by atoms with Crippen molar-refractivity contribution in [1.82, 2.24) is 0 Å². The Morgan fingerprint density at radius 1 is 0.714 bits per heavy atom. The van der Waals surface area contributed by atoms with Gasteiger partial charge in [-0.1, -0.05) is 39.5 Å². The molecule has 5 nitrogen and oxygen atoms in total. The first kappa shape index (κ1) is 18.8. The average Bonchev–Trinajstić information content (AvgIpc) is 2.85. The van der Waals surface area contributed by atoms with Gasteiger partial charge in [0.1, 0.15) is 12.2 Å². The van der Waals surface area contributed by atoms with Crippen molar-refractivity contribution in [3.8, 4) is 0 Å². The largest absolute Gasteiger partial charge is 0.370 e. The maximum absolute atomic E-state index is 5.96. The summed E-state index contributed by atoms with van der Waals surface area (Å²) in [4.78, 5) is 0. The summed E-state index contributed by atoms with van der Waals surface area (Å²) < 4.78 is 28.3. The second-order valence-corrected chi connectivity index (χ2v) is 5.43. The van der Waals surface area contributed by atoms with Crippen LogP contribution in [0, 0.1) is 0 Å². The molecule has 0 bridgehead atoms. The van der Waals surface area contributed by atoms with Crippen molar-refractivity contribution in [2.45, 2.75) is 77.2 Å². The summed E-state index contributed by atoms with van der Waals surface area (Å²) in [7, 11) is 3.25. The first-order valence-corrected chi connectivity index (χ1v) is 8.22. The molecular weight excluding hydrogens is 272 g/mol. The molecule has 0 aromatic heterocycles. The van der Waals surface area contributed by atoms with Crippen molar-refractivity contribution in [2.24, 2.45) is 0 Å². The quantitative estimate of drug-likeness (QED) is 0.518. The van der Waals surface area contributed by atoms with Crippen LogP contribution in [0.2, 0.25) is 0 Å². The average molecular weight is 304 g/mol. The number of hydrogen-bond donors (Lipinski definition) is 0. The normalized spacial score (nSPS) is 29.1. The van der Waals surface area contributed by atoms with Crippen molar-refractivity contribution in [3.63, 3.8) is 0 Å². The Hall–Kier alpha value is -0.200. The molecule has 0 radical (unpaired) electrons. The summed E-state index contributed by atoms with van der Waals surface area (Å²) in [5.41, 5.74) is 0. The molecule has 5 heteroatoms. The fourth-order valence-corrected chi connectivity index (χ4v) is 2.47. The third kappa shape index (κ3) is 6.20. The third-order valence-electron chi connectivity index (χ3n) is 3.71. The van der Waals surface area contributed by atoms with Crippen LogP contribution in [-0.4, -0.2) is 52.2 Å². The molecule has 0 spiro atoms. The van der Waals surface area contributed by atoms with Gasteiger partial charge in [-0.05, 0) is 12.8 Å². The molecule has 21 heavy (non-hydrogen) atoms. The van der Waals surface area contributed by atoms with E-state index in [1.54, 1.807) is 14.2 Å². The first-order valence-electron chi connectivity index (χ1n) is 8.22. The summed E-state index contributed by atoms with van der Waals surface area (Å²) >= 11 is 0. The van der Waals surface area contributed by atoms with Gasteiger partial charge in [0.2, 0.25) is 0 Å². The van der Waals surface area contributed by atoms with Gasteiger partial charge in [-0.2, -0.15) is 0 Å². The van der Waals surface area contributed by atoms with E-state index < -0.39 is 12.6 Å². The fraction of sp³-hybridized carbons (Fsp3) is 1.00. The minimum atomic E-state index is -0.423. The van der Waals surface area contributed by atoms with Gasteiger partial charge in [0.15, 0.2) is 12.6 Å². The molecule has 1 heterocycles. The highest BCUT2D eigenvalue weighted by Crippen LogP contribution is 2.28. The zero-order valence-electron chi connectivity index (χ0n) is 14.0. The van der Waals surface area contributed by atoms with Gasteiger partial charge < -0.3 is 23.7 Å². The zero-order valence-corrected chi connectivity index (χ0v) is 14.0. The van der Waals surface area contributed by atoms with E-state index in [4.69, 9.17) is 23.7 Å². The molecule has 0 aliphatic carbocycles. The number of unbranched alkanes of at least 4 members (excludes halogenated alkanes) is 4. The molecule has 0 saturated carbocycles. The summed E-state index contributed by atoms with van der Waals surface area (Å²) in [5.74, 6) is 0. The molecule has 1 fully saturated rings. The minimum absolute atomic E-state index is 0.224. The molecule has 4 atom stereocenters. The van der Waals surface area contributed by atoms with E-state index in [-0.39, 0.29) is 12.2 Å². The van der Waals surface area contributed by atoms with E-state index in [0.717, 1.165) is 12.8 Å². The Morgan fingerprint density at radius 2 is 1.14 bits per heavy atom. The van der Waals surface area contributed by atoms with E-state index in [0.29, 0.717) is 13.2 Å². The number of ether oxygens (including phenoxy) is 5. The number of methoxy groups -OCH3 is 2. The molecule has 2 unspecified atom stereocenters. The zero-order chi connectivity index (χ0) is 15.5. The second kappa shape index (κ2) is 11.4. The Labute approximate surface area is 129 Å². The molecule has 1 saturated heterocycles. The molecule has 1 aliphatic rings. The minimum Gasteiger partial charge on any atom is -0.370 e. The Bertz CT molecular complexity index is 225. The number of hydrogen-bond acceptors (Lipinski definition) is 5. The molecule has 0 amide bonds. The summed E-state index contributed by atoms with van der Waals surface area (Å²) in [6.07, 6.45) is 5.48. The third-order valence-corrected chi connectivity index (χ3v) is 3.71. The topological polar surface area (TPSA) is 46.2 Å². The highest BCUT2D eigenvalue weighted by Gasteiger charge is 2.47. The smallest absolute Gasteiger partial charge is 0.189 e. The van der Waals surface area contributed by atoms with Crippen molar-refractivity contribution in [1.29, 1.82) is 0 Å². The molecular formula is C16H32O5. The van der Waals surface area contributed by atoms with Gasteiger partial charge in [-0.15, -0.1) is 0 Å². The second-order valence-electron chi connectivity index (χ2n) is 5.43. The molecule has 1 aliphatic heterocycles. The SMILES string of the molecule is CCCCCO[C@@H]1C(OC)OC(OC)[C@@H]1OCCCCC. The maximum atomic E-state index is 5.96. The van der Waals surface area contributed by atoms with Crippen LogP contribution in [0.3, 0.4) is 0 Å². The lowest BCUT2D eigenvalue weighted by Gasteiger charge is -2.23. The monoisotopic (exact) mass is 304 g/mol. The lowest BCUT2D eigenvalue weighted by molar-refractivity contribution is -0.209. The van der Waals surface area contributed by atoms with E-state index in [2.05, 4.69) is 13.8 Å². The van der Waals surface area contributed by atoms with Crippen molar-refractivity contribution in [2.75, 3.05) is 27.4 Å². The van der Waals surface area contributed by atoms with Crippen molar-refractivity contribution < 1.29 is 23.7 Å². The Kier molecular flexibility index (Phi) is 10.2. The van der Waals surface area contributed by atoms with Crippen molar-refractivity contribution in [3.05, 3.63) is 0 Å². The molecule has 0 aromatic carbocycles. The number of rotatable bonds is 12. The molecule has 126 valence electrons. The van der Waals surface area contributed by atoms with Gasteiger partial charge >= 0.3 is 0 Å². The van der Waals surface area contributed by atoms with E-state index in [1.807, 2.05) is 0 Å². The molecule has 1 rings (SSSR count). The van der Waals surface area contributed by atoms with Gasteiger partial charge in [0.25, 0.3) is 0 Å². The Morgan fingerprint density at radius 3 is 1.48 bits per heavy atom. The molecule has 0 N–H and O–H groups in total. The summed E-state index contributed by atoms with van der Waals surface area (Å²) in [6.45, 7) is 5.76. The summed E-state index contributed by atoms with van der Waals surface area (Å²) in [6, 6.07) is 0. The Balaban J connectivity index is 2.48. The van der Waals surface area contributed by atoms with Crippen LogP contribution in [0.1, 0.15) is 52.4 Å². The predicted octanol–water partition coefficient (Wildman–Crippen LogP) is 3.11. The van der Waals surface area contributed by atoms with Crippen LogP contribution in [-0.2, 0) is 23.7 Å². The maximum Gasteiger partial charge on any atom is 0.189 e. The van der Waals surface area contributed by atoms with Gasteiger partial charge in [-0.25, -0.2) is 0 Å². The standard InChI is InChI=1S/C16H32O5/c1-5-7-9-11-19-13-14(20-12-10-8-6-2)16(18-4)21-15(13)17-3/h13-16H,5-12H2,1-4H3/t13-,14+,15?,16?. The first-order chi connectivity index (χ1) is 10.3.